The van der Waals surface area contributed by atoms with Crippen LogP contribution in [0.4, 0.5) is 13.2 Å². The van der Waals surface area contributed by atoms with E-state index in [4.69, 9.17) is 12.2 Å². The van der Waals surface area contributed by atoms with Crippen LogP contribution in [0.3, 0.4) is 0 Å². The Kier molecular flexibility index (Phi) is 4.90. The molecule has 0 atom stereocenters. The molecule has 0 saturated carbocycles. The summed E-state index contributed by atoms with van der Waals surface area (Å²) in [6.07, 6.45) is -1.23. The summed E-state index contributed by atoms with van der Waals surface area (Å²) < 4.78 is 42.6. The lowest BCUT2D eigenvalue weighted by Gasteiger charge is -2.11. The molecule has 1 aromatic carbocycles. The van der Waals surface area contributed by atoms with E-state index < -0.39 is 12.8 Å². The summed E-state index contributed by atoms with van der Waals surface area (Å²) in [6.45, 7) is -1.38. The van der Waals surface area contributed by atoms with Gasteiger partial charge in [0.25, 0.3) is 5.56 Å². The van der Waals surface area contributed by atoms with Gasteiger partial charge in [-0.15, -0.1) is 0 Å². The molecule has 26 heavy (non-hydrogen) atoms. The minimum absolute atomic E-state index is 0.0439. The number of nitrogens with one attached hydrogen (secondary N) is 1. The lowest BCUT2D eigenvalue weighted by atomic mass is 10.2. The molecule has 0 spiro atoms. The SMILES string of the molecule is O=c1cc(-c2ccncc2)[nH]c(=S)n1-c1ccc(OCC(F)(F)F)cc1. The number of hydrogen-bond acceptors (Lipinski definition) is 4. The molecule has 3 aromatic rings. The first-order valence-corrected chi connectivity index (χ1v) is 7.81. The number of nitrogens with zero attached hydrogens (tertiary/aromatic N) is 2. The number of aromatic nitrogens is 3. The van der Waals surface area contributed by atoms with E-state index in [2.05, 4.69) is 14.7 Å². The van der Waals surface area contributed by atoms with E-state index in [0.717, 1.165) is 5.56 Å². The van der Waals surface area contributed by atoms with Crippen molar-refractivity contribution in [3.05, 3.63) is 70.0 Å². The molecule has 134 valence electrons. The quantitative estimate of drug-likeness (QED) is 0.699. The second-order valence-electron chi connectivity index (χ2n) is 5.30. The van der Waals surface area contributed by atoms with Gasteiger partial charge in [0.2, 0.25) is 0 Å². The average molecular weight is 379 g/mol. The molecule has 0 aliphatic carbocycles. The van der Waals surface area contributed by atoms with Gasteiger partial charge in [-0.25, -0.2) is 0 Å². The third-order valence-corrected chi connectivity index (χ3v) is 3.71. The molecular weight excluding hydrogens is 367 g/mol. The Labute approximate surface area is 150 Å². The maximum atomic E-state index is 12.5. The Hall–Kier alpha value is -2.94. The monoisotopic (exact) mass is 379 g/mol. The highest BCUT2D eigenvalue weighted by atomic mass is 32.1. The van der Waals surface area contributed by atoms with Crippen LogP contribution in [0.5, 0.6) is 5.75 Å². The minimum Gasteiger partial charge on any atom is -0.484 e. The van der Waals surface area contributed by atoms with Crippen LogP contribution in [0.1, 0.15) is 0 Å². The molecule has 0 aliphatic rings. The minimum atomic E-state index is -4.42. The van der Waals surface area contributed by atoms with Crippen molar-refractivity contribution in [2.24, 2.45) is 0 Å². The van der Waals surface area contributed by atoms with Crippen LogP contribution in [0.2, 0.25) is 0 Å². The van der Waals surface area contributed by atoms with Crippen LogP contribution in [0, 0.1) is 4.77 Å². The third-order valence-electron chi connectivity index (χ3n) is 3.42. The summed E-state index contributed by atoms with van der Waals surface area (Å²) in [5.41, 5.74) is 1.34. The molecule has 2 aromatic heterocycles. The molecule has 2 heterocycles. The predicted octanol–water partition coefficient (Wildman–Crippen LogP) is 3.90. The highest BCUT2D eigenvalue weighted by Crippen LogP contribution is 2.20. The molecule has 0 unspecified atom stereocenters. The fourth-order valence-electron chi connectivity index (χ4n) is 2.28. The van der Waals surface area contributed by atoms with Crippen molar-refractivity contribution in [1.82, 2.24) is 14.5 Å². The zero-order chi connectivity index (χ0) is 18.7. The van der Waals surface area contributed by atoms with Crippen LogP contribution in [-0.2, 0) is 0 Å². The zero-order valence-electron chi connectivity index (χ0n) is 13.2. The second-order valence-corrected chi connectivity index (χ2v) is 5.68. The van der Waals surface area contributed by atoms with E-state index in [0.29, 0.717) is 11.4 Å². The molecule has 1 N–H and O–H groups in total. The molecule has 5 nitrogen and oxygen atoms in total. The Morgan fingerprint density at radius 2 is 1.77 bits per heavy atom. The number of rotatable bonds is 4. The van der Waals surface area contributed by atoms with Gasteiger partial charge < -0.3 is 9.72 Å². The van der Waals surface area contributed by atoms with Crippen molar-refractivity contribution in [2.45, 2.75) is 6.18 Å². The Bertz CT molecular complexity index is 981. The summed E-state index contributed by atoms with van der Waals surface area (Å²) in [5, 5.41) is 0. The predicted molar refractivity (Wildman–Crippen MR) is 92.0 cm³/mol. The largest absolute Gasteiger partial charge is 0.484 e. The number of hydrogen-bond donors (Lipinski definition) is 1. The standard InChI is InChI=1S/C17H12F3N3O2S/c18-17(19,20)10-25-13-3-1-12(2-4-13)23-15(24)9-14(22-16(23)26)11-5-7-21-8-6-11/h1-9H,10H2,(H,22,26). The van der Waals surface area contributed by atoms with Gasteiger partial charge in [0.05, 0.1) is 11.4 Å². The maximum Gasteiger partial charge on any atom is 0.422 e. The van der Waals surface area contributed by atoms with Gasteiger partial charge in [0, 0.05) is 24.0 Å². The number of aromatic amines is 1. The summed E-state index contributed by atoms with van der Waals surface area (Å²) in [5.74, 6) is 0.0439. The first-order chi connectivity index (χ1) is 12.3. The van der Waals surface area contributed by atoms with E-state index in [1.807, 2.05) is 0 Å². The molecule has 0 amide bonds. The number of H-pyrrole nitrogens is 1. The number of ether oxygens (including phenoxy) is 1. The number of halogens is 3. The normalized spacial score (nSPS) is 11.3. The molecule has 0 radical (unpaired) electrons. The van der Waals surface area contributed by atoms with Crippen LogP contribution < -0.4 is 10.3 Å². The van der Waals surface area contributed by atoms with Crippen molar-refractivity contribution in [2.75, 3.05) is 6.61 Å². The summed E-state index contributed by atoms with van der Waals surface area (Å²) in [4.78, 5) is 19.3. The Balaban J connectivity index is 1.90. The lowest BCUT2D eigenvalue weighted by Crippen LogP contribution is -2.20. The van der Waals surface area contributed by atoms with Crippen LogP contribution >= 0.6 is 12.2 Å². The first-order valence-electron chi connectivity index (χ1n) is 7.40. The molecule has 9 heteroatoms. The van der Waals surface area contributed by atoms with Gasteiger partial charge in [0.15, 0.2) is 11.4 Å². The van der Waals surface area contributed by atoms with E-state index in [1.54, 1.807) is 24.5 Å². The Morgan fingerprint density at radius 1 is 1.12 bits per heavy atom. The topological polar surface area (TPSA) is 59.9 Å². The van der Waals surface area contributed by atoms with Crippen molar-refractivity contribution in [1.29, 1.82) is 0 Å². The summed E-state index contributed by atoms with van der Waals surface area (Å²) in [6, 6.07) is 10.5. The summed E-state index contributed by atoms with van der Waals surface area (Å²) in [7, 11) is 0. The molecule has 0 fully saturated rings. The van der Waals surface area contributed by atoms with E-state index in [1.165, 1.54) is 34.9 Å². The lowest BCUT2D eigenvalue weighted by molar-refractivity contribution is -0.153. The first kappa shape index (κ1) is 17.9. The van der Waals surface area contributed by atoms with Crippen LogP contribution in [0.15, 0.2) is 59.7 Å². The third kappa shape index (κ3) is 4.17. The number of alkyl halides is 3. The average Bonchev–Trinajstić information content (AvgIpc) is 2.60. The van der Waals surface area contributed by atoms with Gasteiger partial charge in [-0.05, 0) is 48.6 Å². The molecule has 0 aliphatic heterocycles. The van der Waals surface area contributed by atoms with Crippen molar-refractivity contribution < 1.29 is 17.9 Å². The van der Waals surface area contributed by atoms with Crippen LogP contribution in [0.25, 0.3) is 16.9 Å². The molecule has 0 saturated heterocycles. The maximum absolute atomic E-state index is 12.5. The smallest absolute Gasteiger partial charge is 0.422 e. The van der Waals surface area contributed by atoms with Gasteiger partial charge in [0.1, 0.15) is 5.75 Å². The molecule has 3 rings (SSSR count). The van der Waals surface area contributed by atoms with Crippen LogP contribution in [-0.4, -0.2) is 27.3 Å². The summed E-state index contributed by atoms with van der Waals surface area (Å²) >= 11 is 5.25. The van der Waals surface area contributed by atoms with E-state index >= 15 is 0 Å². The van der Waals surface area contributed by atoms with Gasteiger partial charge in [-0.1, -0.05) is 0 Å². The zero-order valence-corrected chi connectivity index (χ0v) is 14.0. The van der Waals surface area contributed by atoms with Crippen molar-refractivity contribution in [3.8, 4) is 22.7 Å². The van der Waals surface area contributed by atoms with Crippen molar-refractivity contribution >= 4 is 12.2 Å². The highest BCUT2D eigenvalue weighted by Gasteiger charge is 2.28. The second kappa shape index (κ2) is 7.12. The fraction of sp³-hybridized carbons (Fsp3) is 0.118. The van der Waals surface area contributed by atoms with Crippen molar-refractivity contribution in [3.63, 3.8) is 0 Å². The van der Waals surface area contributed by atoms with Gasteiger partial charge in [-0.3, -0.25) is 14.3 Å². The van der Waals surface area contributed by atoms with Gasteiger partial charge >= 0.3 is 6.18 Å². The number of pyridine rings is 1. The molecule has 0 bridgehead atoms. The van der Waals surface area contributed by atoms with E-state index in [9.17, 15) is 18.0 Å². The Morgan fingerprint density at radius 3 is 2.35 bits per heavy atom. The fourth-order valence-corrected chi connectivity index (χ4v) is 2.59. The number of benzene rings is 1. The van der Waals surface area contributed by atoms with Gasteiger partial charge in [-0.2, -0.15) is 13.2 Å². The van der Waals surface area contributed by atoms with E-state index in [-0.39, 0.29) is 16.1 Å². The highest BCUT2D eigenvalue weighted by molar-refractivity contribution is 7.71. The molecular formula is C17H12F3N3O2S.